The first-order valence-electron chi connectivity index (χ1n) is 11.2. The molecule has 1 aliphatic rings. The van der Waals surface area contributed by atoms with Crippen LogP contribution in [0.5, 0.6) is 0 Å². The van der Waals surface area contributed by atoms with E-state index in [1.807, 2.05) is 27.7 Å². The summed E-state index contributed by atoms with van der Waals surface area (Å²) in [5, 5.41) is 15.1. The van der Waals surface area contributed by atoms with Crippen molar-refractivity contribution in [2.24, 2.45) is 5.92 Å². The van der Waals surface area contributed by atoms with E-state index in [9.17, 15) is 13.2 Å². The highest BCUT2D eigenvalue weighted by Gasteiger charge is 2.33. The first-order chi connectivity index (χ1) is 15.7. The molecule has 178 valence electrons. The van der Waals surface area contributed by atoms with Crippen LogP contribution in [0.1, 0.15) is 49.7 Å². The summed E-state index contributed by atoms with van der Waals surface area (Å²) < 4.78 is 34.9. The number of benzene rings is 1. The highest BCUT2D eigenvalue weighted by Crippen LogP contribution is 2.26. The van der Waals surface area contributed by atoms with Gasteiger partial charge in [0.25, 0.3) is 0 Å². The maximum Gasteiger partial charge on any atom is 0.243 e. The van der Waals surface area contributed by atoms with E-state index in [4.69, 9.17) is 4.52 Å². The summed E-state index contributed by atoms with van der Waals surface area (Å²) in [6.07, 6.45) is 1.91. The van der Waals surface area contributed by atoms with Gasteiger partial charge in [0.2, 0.25) is 15.9 Å². The Balaban J connectivity index is 1.42. The summed E-state index contributed by atoms with van der Waals surface area (Å²) in [5.74, 6) is 0.239. The Labute approximate surface area is 193 Å². The number of fused-ring (bicyclic) bond motifs is 1. The van der Waals surface area contributed by atoms with Gasteiger partial charge in [-0.05, 0) is 65.2 Å². The number of carbonyl (C=O) groups is 1. The number of nitrogens with zero attached hydrogens (tertiary/aromatic N) is 5. The third kappa shape index (κ3) is 4.65. The molecule has 33 heavy (non-hydrogen) atoms. The fourth-order valence-electron chi connectivity index (χ4n) is 4.30. The van der Waals surface area contributed by atoms with Crippen LogP contribution in [0, 0.1) is 19.8 Å². The van der Waals surface area contributed by atoms with Gasteiger partial charge in [-0.3, -0.25) is 4.79 Å². The van der Waals surface area contributed by atoms with E-state index < -0.39 is 10.0 Å². The maximum absolute atomic E-state index is 13.3. The second-order valence-corrected chi connectivity index (χ2v) is 10.8. The Bertz CT molecular complexity index is 1240. The average molecular weight is 475 g/mol. The quantitative estimate of drug-likeness (QED) is 0.558. The average Bonchev–Trinajstić information content (AvgIpc) is 3.37. The zero-order chi connectivity index (χ0) is 23.8. The van der Waals surface area contributed by atoms with Gasteiger partial charge in [0, 0.05) is 31.2 Å². The first kappa shape index (κ1) is 23.4. The van der Waals surface area contributed by atoms with E-state index in [1.165, 1.54) is 4.31 Å². The number of carbonyl (C=O) groups excluding carboxylic acids is 1. The monoisotopic (exact) mass is 474 g/mol. The van der Waals surface area contributed by atoms with E-state index in [2.05, 4.69) is 20.8 Å². The molecule has 1 saturated heterocycles. The number of rotatable bonds is 7. The fraction of sp³-hybridized carbons (Fsp3) is 0.545. The Kier molecular flexibility index (Phi) is 6.53. The van der Waals surface area contributed by atoms with Crippen LogP contribution < -0.4 is 5.32 Å². The van der Waals surface area contributed by atoms with Crippen LogP contribution in [0.4, 0.5) is 0 Å². The van der Waals surface area contributed by atoms with E-state index in [0.717, 1.165) is 22.5 Å². The number of hydrogen-bond donors (Lipinski definition) is 1. The Morgan fingerprint density at radius 2 is 2.09 bits per heavy atom. The van der Waals surface area contributed by atoms with Gasteiger partial charge in [-0.1, -0.05) is 10.4 Å². The number of aromatic nitrogens is 4. The largest absolute Gasteiger partial charge is 0.361 e. The predicted molar refractivity (Wildman–Crippen MR) is 122 cm³/mol. The maximum atomic E-state index is 13.3. The van der Waals surface area contributed by atoms with Crippen LogP contribution in [-0.2, 0) is 21.2 Å². The Hall–Kier alpha value is -2.79. The van der Waals surface area contributed by atoms with E-state index in [0.29, 0.717) is 37.9 Å². The van der Waals surface area contributed by atoms with Gasteiger partial charge in [0.05, 0.1) is 22.0 Å². The molecule has 1 unspecified atom stereocenters. The Morgan fingerprint density at radius 1 is 1.30 bits per heavy atom. The van der Waals surface area contributed by atoms with Crippen molar-refractivity contribution in [2.45, 2.75) is 57.9 Å². The molecule has 10 nitrogen and oxygen atoms in total. The van der Waals surface area contributed by atoms with Crippen LogP contribution in [0.25, 0.3) is 11.0 Å². The van der Waals surface area contributed by atoms with Crippen molar-refractivity contribution >= 4 is 27.0 Å². The van der Waals surface area contributed by atoms with Crippen molar-refractivity contribution in [3.63, 3.8) is 0 Å². The van der Waals surface area contributed by atoms with Gasteiger partial charge in [-0.15, -0.1) is 5.10 Å². The molecule has 1 aromatic carbocycles. The fourth-order valence-corrected chi connectivity index (χ4v) is 5.85. The lowest BCUT2D eigenvalue weighted by atomic mass is 9.98. The molecule has 3 heterocycles. The molecule has 4 rings (SSSR count). The highest BCUT2D eigenvalue weighted by atomic mass is 32.2. The second kappa shape index (κ2) is 9.22. The minimum Gasteiger partial charge on any atom is -0.361 e. The molecular weight excluding hydrogens is 444 g/mol. The zero-order valence-electron chi connectivity index (χ0n) is 19.4. The van der Waals surface area contributed by atoms with Crippen LogP contribution in [-0.4, -0.2) is 58.4 Å². The number of sulfonamides is 1. The Morgan fingerprint density at radius 3 is 2.79 bits per heavy atom. The minimum absolute atomic E-state index is 0.122. The van der Waals surface area contributed by atoms with Crippen LogP contribution in [0.15, 0.2) is 27.6 Å². The SMILES string of the molecule is Cc1noc(C)c1CCNC(=O)C1CCCN(S(=O)(=O)c2ccc3c(c2)nnn3C(C)C)C1. The van der Waals surface area contributed by atoms with Gasteiger partial charge in [0.1, 0.15) is 11.3 Å². The minimum atomic E-state index is -3.74. The topological polar surface area (TPSA) is 123 Å². The lowest BCUT2D eigenvalue weighted by Gasteiger charge is -2.31. The molecule has 0 radical (unpaired) electrons. The predicted octanol–water partition coefficient (Wildman–Crippen LogP) is 2.38. The molecule has 3 aromatic rings. The van der Waals surface area contributed by atoms with Crippen molar-refractivity contribution in [1.82, 2.24) is 29.8 Å². The standard InChI is InChI=1S/C22H30N6O4S/c1-14(2)28-21-8-7-18(12-20(21)24-26-28)33(30,31)27-11-5-6-17(13-27)22(29)23-10-9-19-15(3)25-32-16(19)4/h7-8,12,14,17H,5-6,9-11,13H2,1-4H3,(H,23,29). The molecule has 0 aliphatic carbocycles. The molecule has 1 N–H and O–H groups in total. The number of aryl methyl sites for hydroxylation is 2. The molecule has 1 amide bonds. The van der Waals surface area contributed by atoms with Crippen molar-refractivity contribution in [1.29, 1.82) is 0 Å². The van der Waals surface area contributed by atoms with Crippen molar-refractivity contribution in [3.05, 3.63) is 35.2 Å². The van der Waals surface area contributed by atoms with Gasteiger partial charge in [0.15, 0.2) is 0 Å². The molecule has 11 heteroatoms. The summed E-state index contributed by atoms with van der Waals surface area (Å²) >= 11 is 0. The van der Waals surface area contributed by atoms with Crippen LogP contribution in [0.2, 0.25) is 0 Å². The molecule has 0 bridgehead atoms. The molecular formula is C22H30N6O4S. The van der Waals surface area contributed by atoms with Crippen molar-refractivity contribution in [2.75, 3.05) is 19.6 Å². The van der Waals surface area contributed by atoms with Crippen molar-refractivity contribution < 1.29 is 17.7 Å². The van der Waals surface area contributed by atoms with Crippen LogP contribution in [0.3, 0.4) is 0 Å². The molecule has 1 aliphatic heterocycles. The van der Waals surface area contributed by atoms with E-state index in [1.54, 1.807) is 22.9 Å². The van der Waals surface area contributed by atoms with Gasteiger partial charge in [-0.2, -0.15) is 4.31 Å². The van der Waals surface area contributed by atoms with Crippen LogP contribution >= 0.6 is 0 Å². The summed E-state index contributed by atoms with van der Waals surface area (Å²) in [6.45, 7) is 8.71. The van der Waals surface area contributed by atoms with Gasteiger partial charge in [-0.25, -0.2) is 13.1 Å². The lowest BCUT2D eigenvalue weighted by molar-refractivity contribution is -0.126. The molecule has 0 spiro atoms. The summed E-state index contributed by atoms with van der Waals surface area (Å²) in [7, 11) is -3.74. The first-order valence-corrected chi connectivity index (χ1v) is 12.7. The number of nitrogens with one attached hydrogen (secondary N) is 1. The van der Waals surface area contributed by atoms with Crippen molar-refractivity contribution in [3.8, 4) is 0 Å². The smallest absolute Gasteiger partial charge is 0.243 e. The summed E-state index contributed by atoms with van der Waals surface area (Å²) in [5.41, 5.74) is 3.14. The highest BCUT2D eigenvalue weighted by molar-refractivity contribution is 7.89. The number of piperidine rings is 1. The lowest BCUT2D eigenvalue weighted by Crippen LogP contribution is -2.45. The second-order valence-electron chi connectivity index (χ2n) is 8.82. The molecule has 1 atom stereocenters. The molecule has 0 saturated carbocycles. The zero-order valence-corrected chi connectivity index (χ0v) is 20.2. The third-order valence-electron chi connectivity index (χ3n) is 6.18. The third-order valence-corrected chi connectivity index (χ3v) is 8.04. The molecule has 2 aromatic heterocycles. The van der Waals surface area contributed by atoms with E-state index in [-0.39, 0.29) is 29.3 Å². The number of hydrogen-bond acceptors (Lipinski definition) is 7. The number of amides is 1. The van der Waals surface area contributed by atoms with E-state index >= 15 is 0 Å². The summed E-state index contributed by atoms with van der Waals surface area (Å²) in [4.78, 5) is 12.9. The van der Waals surface area contributed by atoms with Gasteiger partial charge < -0.3 is 9.84 Å². The van der Waals surface area contributed by atoms with Gasteiger partial charge >= 0.3 is 0 Å². The summed E-state index contributed by atoms with van der Waals surface area (Å²) in [6, 6.07) is 5.01. The normalized spacial score (nSPS) is 17.7. The molecule has 1 fully saturated rings.